The van der Waals surface area contributed by atoms with Crippen molar-refractivity contribution in [1.82, 2.24) is 10.6 Å². The van der Waals surface area contributed by atoms with Gasteiger partial charge in [0.15, 0.2) is 0 Å². The molecule has 0 atom stereocenters. The minimum Gasteiger partial charge on any atom is -0.375 e. The summed E-state index contributed by atoms with van der Waals surface area (Å²) in [5, 5.41) is 8.75. The molecule has 2 aromatic rings. The third-order valence-electron chi connectivity index (χ3n) is 3.48. The first-order valence-corrected chi connectivity index (χ1v) is 8.14. The molecule has 2 aromatic carbocycles. The quantitative estimate of drug-likeness (QED) is 0.662. The van der Waals surface area contributed by atoms with Gasteiger partial charge < -0.3 is 16.0 Å². The molecule has 0 fully saturated rings. The maximum atomic E-state index is 13.4. The Bertz CT molecular complexity index is 768. The molecule has 0 unspecified atom stereocenters. The highest BCUT2D eigenvalue weighted by Crippen LogP contribution is 2.19. The zero-order chi connectivity index (χ0) is 18.2. The standard InChI is InChI=1S/C18H19ClFN3O2/c1-12-6-7-13(10-15(12)20)18(25)22-9-8-21-17(24)11-23-16-5-3-2-4-14(16)19/h2-7,10,23H,8-9,11H2,1H3,(H,21,24)(H,22,25). The first kappa shape index (κ1) is 18.7. The van der Waals surface area contributed by atoms with Crippen LogP contribution in [0.25, 0.3) is 0 Å². The van der Waals surface area contributed by atoms with Crippen LogP contribution in [0.15, 0.2) is 42.5 Å². The van der Waals surface area contributed by atoms with Gasteiger partial charge in [-0.1, -0.05) is 29.8 Å². The molecule has 0 spiro atoms. The van der Waals surface area contributed by atoms with Crippen LogP contribution in [0.4, 0.5) is 10.1 Å². The summed E-state index contributed by atoms with van der Waals surface area (Å²) in [5.41, 5.74) is 1.40. The maximum Gasteiger partial charge on any atom is 0.251 e. The highest BCUT2D eigenvalue weighted by atomic mass is 35.5. The maximum absolute atomic E-state index is 13.4. The van der Waals surface area contributed by atoms with Crippen molar-refractivity contribution in [2.24, 2.45) is 0 Å². The average Bonchev–Trinajstić information content (AvgIpc) is 2.60. The summed E-state index contributed by atoms with van der Waals surface area (Å²) in [6, 6.07) is 11.4. The molecule has 25 heavy (non-hydrogen) atoms. The third-order valence-corrected chi connectivity index (χ3v) is 3.81. The van der Waals surface area contributed by atoms with Gasteiger partial charge in [-0.15, -0.1) is 0 Å². The van der Waals surface area contributed by atoms with E-state index >= 15 is 0 Å². The summed E-state index contributed by atoms with van der Waals surface area (Å²) in [5.74, 6) is -1.04. The van der Waals surface area contributed by atoms with Gasteiger partial charge in [-0.25, -0.2) is 4.39 Å². The van der Waals surface area contributed by atoms with E-state index in [4.69, 9.17) is 11.6 Å². The highest BCUT2D eigenvalue weighted by molar-refractivity contribution is 6.33. The lowest BCUT2D eigenvalue weighted by Crippen LogP contribution is -2.37. The first-order chi connectivity index (χ1) is 12.0. The number of nitrogens with one attached hydrogen (secondary N) is 3. The van der Waals surface area contributed by atoms with Crippen molar-refractivity contribution in [2.75, 3.05) is 25.0 Å². The summed E-state index contributed by atoms with van der Waals surface area (Å²) in [6.07, 6.45) is 0. The Morgan fingerprint density at radius 2 is 1.80 bits per heavy atom. The second-order valence-corrected chi connectivity index (χ2v) is 5.81. The van der Waals surface area contributed by atoms with E-state index in [0.29, 0.717) is 16.3 Å². The summed E-state index contributed by atoms with van der Waals surface area (Å²) in [7, 11) is 0. The molecule has 2 amide bonds. The molecule has 0 bridgehead atoms. The second-order valence-electron chi connectivity index (χ2n) is 5.40. The Kier molecular flexibility index (Phi) is 6.77. The van der Waals surface area contributed by atoms with Gasteiger partial charge in [-0.2, -0.15) is 0 Å². The number of carbonyl (C=O) groups excluding carboxylic acids is 2. The Morgan fingerprint density at radius 1 is 1.08 bits per heavy atom. The number of benzene rings is 2. The average molecular weight is 364 g/mol. The third kappa shape index (κ3) is 5.76. The van der Waals surface area contributed by atoms with Crippen LogP contribution in [-0.2, 0) is 4.79 Å². The summed E-state index contributed by atoms with van der Waals surface area (Å²) >= 11 is 5.98. The van der Waals surface area contributed by atoms with E-state index in [-0.39, 0.29) is 37.0 Å². The lowest BCUT2D eigenvalue weighted by Gasteiger charge is -2.10. The van der Waals surface area contributed by atoms with E-state index in [1.165, 1.54) is 6.07 Å². The van der Waals surface area contributed by atoms with E-state index in [0.717, 1.165) is 0 Å². The monoisotopic (exact) mass is 363 g/mol. The molecule has 0 aliphatic heterocycles. The van der Waals surface area contributed by atoms with Crippen molar-refractivity contribution in [3.63, 3.8) is 0 Å². The van der Waals surface area contributed by atoms with Crippen LogP contribution >= 0.6 is 11.6 Å². The first-order valence-electron chi connectivity index (χ1n) is 7.77. The molecular formula is C18H19ClFN3O2. The van der Waals surface area contributed by atoms with Crippen LogP contribution in [0.3, 0.4) is 0 Å². The van der Waals surface area contributed by atoms with Gasteiger partial charge in [0.25, 0.3) is 5.91 Å². The van der Waals surface area contributed by atoms with Crippen LogP contribution in [0.1, 0.15) is 15.9 Å². The molecule has 5 nitrogen and oxygen atoms in total. The number of amides is 2. The van der Waals surface area contributed by atoms with Gasteiger partial charge in [0.1, 0.15) is 5.82 Å². The molecule has 3 N–H and O–H groups in total. The molecular weight excluding hydrogens is 345 g/mol. The molecule has 0 aliphatic rings. The number of carbonyl (C=O) groups is 2. The van der Waals surface area contributed by atoms with Crippen molar-refractivity contribution < 1.29 is 14.0 Å². The Balaban J connectivity index is 1.68. The Hall–Kier alpha value is -2.60. The van der Waals surface area contributed by atoms with E-state index in [1.807, 2.05) is 6.07 Å². The lowest BCUT2D eigenvalue weighted by molar-refractivity contribution is -0.119. The molecule has 0 saturated heterocycles. The predicted molar refractivity (Wildman–Crippen MR) is 96.4 cm³/mol. The van der Waals surface area contributed by atoms with E-state index in [9.17, 15) is 14.0 Å². The van der Waals surface area contributed by atoms with E-state index < -0.39 is 5.82 Å². The zero-order valence-electron chi connectivity index (χ0n) is 13.7. The van der Waals surface area contributed by atoms with E-state index in [1.54, 1.807) is 37.3 Å². The Labute approximate surface area is 150 Å². The number of anilines is 1. The van der Waals surface area contributed by atoms with Crippen LogP contribution < -0.4 is 16.0 Å². The molecule has 0 saturated carbocycles. The molecule has 0 radical (unpaired) electrons. The number of rotatable bonds is 7. The summed E-state index contributed by atoms with van der Waals surface area (Å²) < 4.78 is 13.4. The van der Waals surface area contributed by atoms with Crippen LogP contribution in [0.5, 0.6) is 0 Å². The minimum absolute atomic E-state index is 0.0703. The molecule has 7 heteroatoms. The normalized spacial score (nSPS) is 10.2. The van der Waals surface area contributed by atoms with Crippen LogP contribution in [0, 0.1) is 12.7 Å². The molecule has 0 aliphatic carbocycles. The van der Waals surface area contributed by atoms with Gasteiger partial charge in [-0.3, -0.25) is 9.59 Å². The predicted octanol–water partition coefficient (Wildman–Crippen LogP) is 2.75. The number of aryl methyl sites for hydroxylation is 1. The fourth-order valence-corrected chi connectivity index (χ4v) is 2.26. The van der Waals surface area contributed by atoms with Crippen LogP contribution in [0.2, 0.25) is 5.02 Å². The van der Waals surface area contributed by atoms with Crippen molar-refractivity contribution in [1.29, 1.82) is 0 Å². The van der Waals surface area contributed by atoms with Gasteiger partial charge in [0, 0.05) is 18.7 Å². The fraction of sp³-hybridized carbons (Fsp3) is 0.222. The van der Waals surface area contributed by atoms with Crippen molar-refractivity contribution >= 4 is 29.1 Å². The van der Waals surface area contributed by atoms with E-state index in [2.05, 4.69) is 16.0 Å². The minimum atomic E-state index is -0.424. The lowest BCUT2D eigenvalue weighted by atomic mass is 10.1. The van der Waals surface area contributed by atoms with Crippen LogP contribution in [-0.4, -0.2) is 31.4 Å². The van der Waals surface area contributed by atoms with Crippen molar-refractivity contribution in [2.45, 2.75) is 6.92 Å². The van der Waals surface area contributed by atoms with Gasteiger partial charge in [0.2, 0.25) is 5.91 Å². The number of halogens is 2. The second kappa shape index (κ2) is 9.03. The molecule has 0 heterocycles. The van der Waals surface area contributed by atoms with Gasteiger partial charge in [0.05, 0.1) is 17.3 Å². The SMILES string of the molecule is Cc1ccc(C(=O)NCCNC(=O)CNc2ccccc2Cl)cc1F. The Morgan fingerprint density at radius 3 is 2.52 bits per heavy atom. The van der Waals surface area contributed by atoms with Crippen molar-refractivity contribution in [3.8, 4) is 0 Å². The van der Waals surface area contributed by atoms with Gasteiger partial charge in [-0.05, 0) is 36.8 Å². The molecule has 0 aromatic heterocycles. The number of para-hydroxylation sites is 1. The topological polar surface area (TPSA) is 70.2 Å². The highest BCUT2D eigenvalue weighted by Gasteiger charge is 2.08. The number of hydrogen-bond donors (Lipinski definition) is 3. The van der Waals surface area contributed by atoms with Gasteiger partial charge >= 0.3 is 0 Å². The fourth-order valence-electron chi connectivity index (χ4n) is 2.06. The molecule has 2 rings (SSSR count). The zero-order valence-corrected chi connectivity index (χ0v) is 14.5. The summed E-state index contributed by atoms with van der Waals surface area (Å²) in [6.45, 7) is 2.21. The largest absolute Gasteiger partial charge is 0.375 e. The smallest absolute Gasteiger partial charge is 0.251 e. The summed E-state index contributed by atoms with van der Waals surface area (Å²) in [4.78, 5) is 23.6. The van der Waals surface area contributed by atoms with Crippen molar-refractivity contribution in [3.05, 3.63) is 64.4 Å². The number of hydrogen-bond acceptors (Lipinski definition) is 3. The molecule has 132 valence electrons.